The predicted octanol–water partition coefficient (Wildman–Crippen LogP) is 1.89. The minimum absolute atomic E-state index is 0.0475. The number of likely N-dealkylation sites (N-methyl/N-ethyl adjacent to an activating group) is 1. The zero-order valence-electron chi connectivity index (χ0n) is 11.4. The van der Waals surface area contributed by atoms with E-state index in [9.17, 15) is 4.79 Å². The second-order valence-electron chi connectivity index (χ2n) is 5.13. The maximum atomic E-state index is 11.7. The van der Waals surface area contributed by atoms with Crippen LogP contribution >= 0.6 is 0 Å². The molecule has 98 valence electrons. The van der Waals surface area contributed by atoms with Crippen LogP contribution in [0.2, 0.25) is 0 Å². The highest BCUT2D eigenvalue weighted by Crippen LogP contribution is 2.31. The van der Waals surface area contributed by atoms with Crippen LogP contribution in [-0.4, -0.2) is 25.5 Å². The van der Waals surface area contributed by atoms with Crippen molar-refractivity contribution in [1.29, 1.82) is 0 Å². The molecule has 0 saturated carbocycles. The smallest absolute Gasteiger partial charge is 0.236 e. The molecule has 1 aliphatic heterocycles. The molecule has 1 aromatic carbocycles. The van der Waals surface area contributed by atoms with Crippen molar-refractivity contribution in [3.05, 3.63) is 34.9 Å². The van der Waals surface area contributed by atoms with Crippen molar-refractivity contribution in [1.82, 2.24) is 10.6 Å². The van der Waals surface area contributed by atoms with Gasteiger partial charge < -0.3 is 10.6 Å². The van der Waals surface area contributed by atoms with E-state index >= 15 is 0 Å². The molecule has 0 radical (unpaired) electrons. The molecule has 0 spiro atoms. The summed E-state index contributed by atoms with van der Waals surface area (Å²) in [6.45, 7) is 5.24. The van der Waals surface area contributed by atoms with E-state index in [2.05, 4.69) is 42.7 Å². The Bertz CT molecular complexity index is 442. The van der Waals surface area contributed by atoms with E-state index in [0.717, 1.165) is 19.4 Å². The van der Waals surface area contributed by atoms with Crippen molar-refractivity contribution >= 4 is 5.91 Å². The van der Waals surface area contributed by atoms with Gasteiger partial charge in [-0.1, -0.05) is 18.2 Å². The highest BCUT2D eigenvalue weighted by molar-refractivity contribution is 5.81. The molecular weight excluding hydrogens is 224 g/mol. The number of nitrogens with one attached hydrogen (secondary N) is 2. The SMILES string of the molecule is CNC(=O)C1CC(c2cccc(C)c2C)CCN1. The first-order chi connectivity index (χ1) is 8.63. The lowest BCUT2D eigenvalue weighted by Crippen LogP contribution is -2.47. The van der Waals surface area contributed by atoms with Crippen LogP contribution in [0.25, 0.3) is 0 Å². The third kappa shape index (κ3) is 2.56. The Morgan fingerprint density at radius 1 is 1.39 bits per heavy atom. The van der Waals surface area contributed by atoms with Crippen LogP contribution in [0.15, 0.2) is 18.2 Å². The first-order valence-electron chi connectivity index (χ1n) is 6.64. The summed E-state index contributed by atoms with van der Waals surface area (Å²) < 4.78 is 0. The number of carbonyl (C=O) groups excluding carboxylic acids is 1. The number of amides is 1. The molecule has 18 heavy (non-hydrogen) atoms. The normalized spacial score (nSPS) is 23.7. The fourth-order valence-electron chi connectivity index (χ4n) is 2.79. The van der Waals surface area contributed by atoms with Gasteiger partial charge in [0.05, 0.1) is 6.04 Å². The second-order valence-corrected chi connectivity index (χ2v) is 5.13. The number of carbonyl (C=O) groups is 1. The van der Waals surface area contributed by atoms with Crippen LogP contribution in [0, 0.1) is 13.8 Å². The van der Waals surface area contributed by atoms with Gasteiger partial charge in [-0.2, -0.15) is 0 Å². The fourth-order valence-corrected chi connectivity index (χ4v) is 2.79. The Hall–Kier alpha value is -1.35. The molecule has 2 atom stereocenters. The Morgan fingerprint density at radius 2 is 2.17 bits per heavy atom. The zero-order chi connectivity index (χ0) is 13.1. The van der Waals surface area contributed by atoms with Gasteiger partial charge >= 0.3 is 0 Å². The zero-order valence-corrected chi connectivity index (χ0v) is 11.4. The van der Waals surface area contributed by atoms with E-state index in [1.807, 2.05) is 0 Å². The van der Waals surface area contributed by atoms with Crippen molar-refractivity contribution in [3.8, 4) is 0 Å². The molecule has 1 heterocycles. The Balaban J connectivity index is 2.18. The molecule has 0 bridgehead atoms. The molecular formula is C15H22N2O. The first kappa shape index (κ1) is 13.1. The third-order valence-corrected chi connectivity index (χ3v) is 4.05. The summed E-state index contributed by atoms with van der Waals surface area (Å²) in [5.41, 5.74) is 4.12. The summed E-state index contributed by atoms with van der Waals surface area (Å²) in [6, 6.07) is 6.43. The molecule has 1 amide bonds. The highest BCUT2D eigenvalue weighted by Gasteiger charge is 2.27. The number of hydrogen-bond acceptors (Lipinski definition) is 2. The molecule has 2 N–H and O–H groups in total. The molecule has 1 saturated heterocycles. The first-order valence-corrected chi connectivity index (χ1v) is 6.64. The third-order valence-electron chi connectivity index (χ3n) is 4.05. The summed E-state index contributed by atoms with van der Waals surface area (Å²) in [5.74, 6) is 0.596. The standard InChI is InChI=1S/C15H22N2O/c1-10-5-4-6-13(11(10)2)12-7-8-17-14(9-12)15(18)16-3/h4-6,12,14,17H,7-9H2,1-3H3,(H,16,18). The number of aryl methyl sites for hydroxylation is 1. The van der Waals surface area contributed by atoms with Gasteiger partial charge in [0.1, 0.15) is 0 Å². The minimum Gasteiger partial charge on any atom is -0.358 e. The van der Waals surface area contributed by atoms with Crippen molar-refractivity contribution in [3.63, 3.8) is 0 Å². The maximum Gasteiger partial charge on any atom is 0.236 e. The molecule has 3 nitrogen and oxygen atoms in total. The van der Waals surface area contributed by atoms with Gasteiger partial charge in [0, 0.05) is 7.05 Å². The van der Waals surface area contributed by atoms with E-state index in [1.54, 1.807) is 7.05 Å². The van der Waals surface area contributed by atoms with Gasteiger partial charge in [0.2, 0.25) is 5.91 Å². The molecule has 0 aromatic heterocycles. The lowest BCUT2D eigenvalue weighted by molar-refractivity contribution is -0.123. The Kier molecular flexibility index (Phi) is 4.02. The summed E-state index contributed by atoms with van der Waals surface area (Å²) in [5, 5.41) is 6.02. The summed E-state index contributed by atoms with van der Waals surface area (Å²) >= 11 is 0. The monoisotopic (exact) mass is 246 g/mol. The van der Waals surface area contributed by atoms with Gasteiger partial charge in [-0.15, -0.1) is 0 Å². The summed E-state index contributed by atoms with van der Waals surface area (Å²) in [7, 11) is 1.70. The minimum atomic E-state index is -0.0475. The summed E-state index contributed by atoms with van der Waals surface area (Å²) in [4.78, 5) is 11.7. The fraction of sp³-hybridized carbons (Fsp3) is 0.533. The quantitative estimate of drug-likeness (QED) is 0.836. The average molecular weight is 246 g/mol. The topological polar surface area (TPSA) is 41.1 Å². The maximum absolute atomic E-state index is 11.7. The van der Waals surface area contributed by atoms with Crippen molar-refractivity contribution < 1.29 is 4.79 Å². The van der Waals surface area contributed by atoms with Crippen LogP contribution in [0.3, 0.4) is 0 Å². The van der Waals surface area contributed by atoms with Gasteiger partial charge in [0.15, 0.2) is 0 Å². The largest absolute Gasteiger partial charge is 0.358 e. The van der Waals surface area contributed by atoms with Crippen LogP contribution in [0.1, 0.15) is 35.4 Å². The van der Waals surface area contributed by atoms with Crippen LogP contribution in [0.5, 0.6) is 0 Å². The van der Waals surface area contributed by atoms with Crippen molar-refractivity contribution in [2.75, 3.05) is 13.6 Å². The predicted molar refractivity (Wildman–Crippen MR) is 73.7 cm³/mol. The molecule has 1 aliphatic rings. The van der Waals surface area contributed by atoms with E-state index in [0.29, 0.717) is 5.92 Å². The highest BCUT2D eigenvalue weighted by atomic mass is 16.2. The van der Waals surface area contributed by atoms with Crippen LogP contribution < -0.4 is 10.6 Å². The number of hydrogen-bond donors (Lipinski definition) is 2. The van der Waals surface area contributed by atoms with Crippen LogP contribution in [-0.2, 0) is 4.79 Å². The molecule has 2 unspecified atom stereocenters. The molecule has 1 aromatic rings. The average Bonchev–Trinajstić information content (AvgIpc) is 2.41. The van der Waals surface area contributed by atoms with Gasteiger partial charge in [0.25, 0.3) is 0 Å². The number of piperidine rings is 1. The van der Waals surface area contributed by atoms with E-state index < -0.39 is 0 Å². The Labute approximate surface area is 109 Å². The van der Waals surface area contributed by atoms with E-state index in [-0.39, 0.29) is 11.9 Å². The molecule has 0 aliphatic carbocycles. The Morgan fingerprint density at radius 3 is 2.89 bits per heavy atom. The van der Waals surface area contributed by atoms with Crippen molar-refractivity contribution in [2.45, 2.75) is 38.6 Å². The van der Waals surface area contributed by atoms with Gasteiger partial charge in [-0.3, -0.25) is 4.79 Å². The van der Waals surface area contributed by atoms with E-state index in [4.69, 9.17) is 0 Å². The lowest BCUT2D eigenvalue weighted by atomic mass is 9.83. The summed E-state index contributed by atoms with van der Waals surface area (Å²) in [6.07, 6.45) is 2.00. The van der Waals surface area contributed by atoms with Gasteiger partial charge in [-0.25, -0.2) is 0 Å². The lowest BCUT2D eigenvalue weighted by Gasteiger charge is -2.30. The molecule has 1 fully saturated rings. The van der Waals surface area contributed by atoms with Gasteiger partial charge in [-0.05, 0) is 55.8 Å². The number of benzene rings is 1. The van der Waals surface area contributed by atoms with E-state index in [1.165, 1.54) is 16.7 Å². The number of rotatable bonds is 2. The second kappa shape index (κ2) is 5.53. The molecule has 3 heteroatoms. The van der Waals surface area contributed by atoms with Crippen LogP contribution in [0.4, 0.5) is 0 Å². The molecule has 2 rings (SSSR count). The van der Waals surface area contributed by atoms with Crippen molar-refractivity contribution in [2.24, 2.45) is 0 Å².